The standard InChI is InChI=1S/C27H26N4O2/c1-16-9-5-7-11-19(16)31-21-13-26(2,3)14-22(32)23(21)27(18(15-28)24(31)29)17-10-6-8-12-20(17)30(4)25(27)33/h5-12H,13-14,29H2,1-4H3/t27-/m0/s1. The van der Waals surface area contributed by atoms with Gasteiger partial charge in [0, 0.05) is 36.0 Å². The summed E-state index contributed by atoms with van der Waals surface area (Å²) in [5, 5.41) is 10.4. The number of carbonyl (C=O) groups is 2. The van der Waals surface area contributed by atoms with Crippen molar-refractivity contribution < 1.29 is 9.59 Å². The highest BCUT2D eigenvalue weighted by atomic mass is 16.2. The van der Waals surface area contributed by atoms with E-state index in [2.05, 4.69) is 6.07 Å². The van der Waals surface area contributed by atoms with Gasteiger partial charge in [-0.05, 0) is 36.5 Å². The molecular weight excluding hydrogens is 412 g/mol. The lowest BCUT2D eigenvalue weighted by Gasteiger charge is -2.47. The number of para-hydroxylation sites is 2. The molecule has 2 aromatic carbocycles. The first-order valence-electron chi connectivity index (χ1n) is 11.1. The van der Waals surface area contributed by atoms with Crippen molar-refractivity contribution >= 4 is 23.1 Å². The third-order valence-corrected chi connectivity index (χ3v) is 7.13. The third-order valence-electron chi connectivity index (χ3n) is 7.13. The molecule has 1 atom stereocenters. The van der Waals surface area contributed by atoms with Crippen LogP contribution < -0.4 is 15.5 Å². The molecule has 5 rings (SSSR count). The van der Waals surface area contributed by atoms with E-state index in [0.29, 0.717) is 35.4 Å². The summed E-state index contributed by atoms with van der Waals surface area (Å²) in [6.07, 6.45) is 0.857. The van der Waals surface area contributed by atoms with Gasteiger partial charge in [-0.1, -0.05) is 50.2 Å². The van der Waals surface area contributed by atoms with Crippen molar-refractivity contribution in [2.24, 2.45) is 11.1 Å². The molecule has 0 unspecified atom stereocenters. The molecule has 2 heterocycles. The van der Waals surface area contributed by atoms with Crippen molar-refractivity contribution in [3.05, 3.63) is 82.3 Å². The predicted molar refractivity (Wildman–Crippen MR) is 127 cm³/mol. The number of likely N-dealkylation sites (N-methyl/N-ethyl adjacent to an activating group) is 1. The van der Waals surface area contributed by atoms with E-state index in [1.165, 1.54) is 0 Å². The number of ketones is 1. The minimum atomic E-state index is -1.52. The lowest BCUT2D eigenvalue weighted by molar-refractivity contribution is -0.124. The number of hydrogen-bond acceptors (Lipinski definition) is 5. The van der Waals surface area contributed by atoms with Gasteiger partial charge in [0.1, 0.15) is 17.3 Å². The third kappa shape index (κ3) is 2.59. The molecule has 2 aliphatic heterocycles. The van der Waals surface area contributed by atoms with Gasteiger partial charge in [0.2, 0.25) is 5.91 Å². The highest BCUT2D eigenvalue weighted by molar-refractivity contribution is 6.20. The highest BCUT2D eigenvalue weighted by Gasteiger charge is 2.62. The van der Waals surface area contributed by atoms with E-state index in [1.807, 2.05) is 74.2 Å². The first-order chi connectivity index (χ1) is 15.6. The second-order valence-electron chi connectivity index (χ2n) is 9.89. The summed E-state index contributed by atoms with van der Waals surface area (Å²) in [6.45, 7) is 6.07. The average molecular weight is 439 g/mol. The number of Topliss-reactive ketones (excluding diaryl/α,β-unsaturated/α-hetero) is 1. The smallest absolute Gasteiger partial charge is 0.247 e. The summed E-state index contributed by atoms with van der Waals surface area (Å²) < 4.78 is 0. The molecule has 0 bridgehead atoms. The van der Waals surface area contributed by atoms with Crippen LogP contribution in [0.5, 0.6) is 0 Å². The number of nitriles is 1. The van der Waals surface area contributed by atoms with Crippen molar-refractivity contribution in [3.8, 4) is 6.07 Å². The molecule has 2 aromatic rings. The predicted octanol–water partition coefficient (Wildman–Crippen LogP) is 4.07. The Morgan fingerprint density at radius 1 is 1.00 bits per heavy atom. The van der Waals surface area contributed by atoms with E-state index in [9.17, 15) is 14.9 Å². The monoisotopic (exact) mass is 438 g/mol. The molecule has 1 aliphatic carbocycles. The fourth-order valence-electron chi connectivity index (χ4n) is 5.75. The molecule has 0 aromatic heterocycles. The lowest BCUT2D eigenvalue weighted by Crippen LogP contribution is -2.53. The molecule has 0 radical (unpaired) electrons. The largest absolute Gasteiger partial charge is 0.384 e. The first-order valence-corrected chi connectivity index (χ1v) is 11.1. The minimum Gasteiger partial charge on any atom is -0.384 e. The maximum absolute atomic E-state index is 14.0. The van der Waals surface area contributed by atoms with Gasteiger partial charge in [0.05, 0.1) is 11.3 Å². The first kappa shape index (κ1) is 21.0. The number of anilines is 2. The Morgan fingerprint density at radius 2 is 1.64 bits per heavy atom. The summed E-state index contributed by atoms with van der Waals surface area (Å²) in [5.74, 6) is -0.221. The Labute approximate surface area is 193 Å². The summed E-state index contributed by atoms with van der Waals surface area (Å²) in [4.78, 5) is 31.3. The lowest BCUT2D eigenvalue weighted by atomic mass is 9.60. The molecule has 3 aliphatic rings. The van der Waals surface area contributed by atoms with Crippen LogP contribution in [0.25, 0.3) is 0 Å². The normalized spacial score (nSPS) is 23.7. The Hall–Kier alpha value is -3.85. The maximum atomic E-state index is 14.0. The molecule has 6 heteroatoms. The fourth-order valence-corrected chi connectivity index (χ4v) is 5.75. The molecule has 166 valence electrons. The number of allylic oxidation sites excluding steroid dienone is 1. The zero-order valence-corrected chi connectivity index (χ0v) is 19.3. The van der Waals surface area contributed by atoms with Crippen LogP contribution in [-0.2, 0) is 15.0 Å². The SMILES string of the molecule is Cc1ccccc1N1C(N)=C(C#N)[C@]2(C(=O)N(C)c3ccccc32)C2=C1CC(C)(C)CC2=O. The number of benzene rings is 2. The summed E-state index contributed by atoms with van der Waals surface area (Å²) in [7, 11) is 1.69. The Bertz CT molecular complexity index is 1340. The quantitative estimate of drug-likeness (QED) is 0.725. The van der Waals surface area contributed by atoms with Gasteiger partial charge in [0.25, 0.3) is 0 Å². The van der Waals surface area contributed by atoms with Gasteiger partial charge >= 0.3 is 0 Å². The van der Waals surface area contributed by atoms with Gasteiger partial charge in [0.15, 0.2) is 5.78 Å². The molecule has 2 N–H and O–H groups in total. The van der Waals surface area contributed by atoms with E-state index in [0.717, 1.165) is 11.3 Å². The Kier molecular flexibility index (Phi) is 4.35. The minimum absolute atomic E-state index is 0.111. The molecule has 1 amide bonds. The number of nitrogens with zero attached hydrogens (tertiary/aromatic N) is 3. The maximum Gasteiger partial charge on any atom is 0.247 e. The van der Waals surface area contributed by atoms with Gasteiger partial charge in [-0.15, -0.1) is 0 Å². The van der Waals surface area contributed by atoms with E-state index < -0.39 is 5.41 Å². The van der Waals surface area contributed by atoms with Crippen LogP contribution in [0.4, 0.5) is 11.4 Å². The van der Waals surface area contributed by atoms with Crippen molar-refractivity contribution in [3.63, 3.8) is 0 Å². The van der Waals surface area contributed by atoms with E-state index in [-0.39, 0.29) is 28.5 Å². The molecule has 6 nitrogen and oxygen atoms in total. The summed E-state index contributed by atoms with van der Waals surface area (Å²) >= 11 is 0. The molecule has 0 fully saturated rings. The van der Waals surface area contributed by atoms with Crippen LogP contribution in [0.3, 0.4) is 0 Å². The molecule has 1 spiro atoms. The molecule has 33 heavy (non-hydrogen) atoms. The summed E-state index contributed by atoms with van der Waals surface area (Å²) in [5.41, 5.74) is 9.24. The number of amides is 1. The van der Waals surface area contributed by atoms with Crippen LogP contribution in [0.2, 0.25) is 0 Å². The fraction of sp³-hybridized carbons (Fsp3) is 0.296. The van der Waals surface area contributed by atoms with Gasteiger partial charge in [-0.2, -0.15) is 5.26 Å². The Morgan fingerprint density at radius 3 is 2.30 bits per heavy atom. The average Bonchev–Trinajstić information content (AvgIpc) is 2.97. The van der Waals surface area contributed by atoms with E-state index >= 15 is 0 Å². The molecule has 0 saturated carbocycles. The van der Waals surface area contributed by atoms with Crippen LogP contribution in [0, 0.1) is 23.7 Å². The van der Waals surface area contributed by atoms with E-state index in [4.69, 9.17) is 5.73 Å². The number of rotatable bonds is 1. The van der Waals surface area contributed by atoms with Crippen LogP contribution >= 0.6 is 0 Å². The van der Waals surface area contributed by atoms with Crippen LogP contribution in [0.15, 0.2) is 71.2 Å². The number of carbonyl (C=O) groups excluding carboxylic acids is 2. The number of hydrogen-bond donors (Lipinski definition) is 1. The molecule has 0 saturated heterocycles. The van der Waals surface area contributed by atoms with Crippen molar-refractivity contribution in [1.29, 1.82) is 5.26 Å². The zero-order chi connectivity index (χ0) is 23.7. The van der Waals surface area contributed by atoms with Crippen LogP contribution in [0.1, 0.15) is 37.8 Å². The highest BCUT2D eigenvalue weighted by Crippen LogP contribution is 2.58. The zero-order valence-electron chi connectivity index (χ0n) is 19.3. The van der Waals surface area contributed by atoms with Crippen LogP contribution in [-0.4, -0.2) is 18.7 Å². The van der Waals surface area contributed by atoms with Gasteiger partial charge in [-0.25, -0.2) is 0 Å². The topological polar surface area (TPSA) is 90.4 Å². The second-order valence-corrected chi connectivity index (χ2v) is 9.89. The summed E-state index contributed by atoms with van der Waals surface area (Å²) in [6, 6.07) is 17.4. The van der Waals surface area contributed by atoms with Crippen molar-refractivity contribution in [2.45, 2.75) is 39.0 Å². The van der Waals surface area contributed by atoms with E-state index in [1.54, 1.807) is 11.9 Å². The number of fused-ring (bicyclic) bond motifs is 3. The number of nitrogens with two attached hydrogens (primary N) is 1. The van der Waals surface area contributed by atoms with Crippen molar-refractivity contribution in [1.82, 2.24) is 0 Å². The van der Waals surface area contributed by atoms with Crippen molar-refractivity contribution in [2.75, 3.05) is 16.8 Å². The molecular formula is C27H26N4O2. The van der Waals surface area contributed by atoms with Gasteiger partial charge < -0.3 is 10.6 Å². The second kappa shape index (κ2) is 6.82. The number of aryl methyl sites for hydroxylation is 1. The van der Waals surface area contributed by atoms with Gasteiger partial charge in [-0.3, -0.25) is 14.5 Å². The Balaban J connectivity index is 1.94.